The molecule has 5 nitrogen and oxygen atoms in total. The molecule has 1 unspecified atom stereocenters. The van der Waals surface area contributed by atoms with Crippen molar-refractivity contribution in [3.8, 4) is 0 Å². The standard InChI is InChI=1S/C14H18Cl2N4O.ClH/c1-9-8-20(10-4-5-11(15)12(16)7-10)19-14(9)18-13(21)3-2-6-17;/h4-5,7,9H,2-3,6,8,17H2,1H3,(H,18,19,21);1H. The lowest BCUT2D eigenvalue weighted by Gasteiger charge is -2.14. The topological polar surface area (TPSA) is 70.7 Å². The second-order valence-corrected chi connectivity index (χ2v) is 5.82. The number of hydrogen-bond donors (Lipinski definition) is 2. The zero-order valence-corrected chi connectivity index (χ0v) is 14.5. The fourth-order valence-electron chi connectivity index (χ4n) is 2.04. The molecule has 1 aliphatic heterocycles. The van der Waals surface area contributed by atoms with Gasteiger partial charge in [-0.15, -0.1) is 12.4 Å². The van der Waals surface area contributed by atoms with Gasteiger partial charge in [-0.2, -0.15) is 5.10 Å². The van der Waals surface area contributed by atoms with Crippen LogP contribution in [0, 0.1) is 5.92 Å². The van der Waals surface area contributed by atoms with Crippen molar-refractivity contribution in [2.45, 2.75) is 19.8 Å². The van der Waals surface area contributed by atoms with E-state index < -0.39 is 0 Å². The zero-order chi connectivity index (χ0) is 15.4. The Morgan fingerprint density at radius 3 is 2.82 bits per heavy atom. The molecule has 0 saturated carbocycles. The number of carbonyl (C=O) groups excluding carboxylic acids is 1. The maximum atomic E-state index is 11.7. The van der Waals surface area contributed by atoms with Crippen LogP contribution in [0.3, 0.4) is 0 Å². The SMILES string of the molecule is CC1CN(c2ccc(Cl)c(Cl)c2)N=C1NC(=O)CCCN.Cl. The monoisotopic (exact) mass is 364 g/mol. The molecule has 1 aromatic carbocycles. The smallest absolute Gasteiger partial charge is 0.225 e. The average molecular weight is 366 g/mol. The van der Waals surface area contributed by atoms with Gasteiger partial charge >= 0.3 is 0 Å². The number of rotatable bonds is 4. The molecule has 0 radical (unpaired) electrons. The van der Waals surface area contributed by atoms with E-state index in [-0.39, 0.29) is 24.2 Å². The second kappa shape index (κ2) is 8.58. The van der Waals surface area contributed by atoms with E-state index in [0.717, 1.165) is 5.69 Å². The predicted octanol–water partition coefficient (Wildman–Crippen LogP) is 3.04. The number of carbonyl (C=O) groups is 1. The van der Waals surface area contributed by atoms with Gasteiger partial charge in [-0.25, -0.2) is 0 Å². The van der Waals surface area contributed by atoms with E-state index in [0.29, 0.717) is 41.8 Å². The van der Waals surface area contributed by atoms with Crippen LogP contribution in [-0.4, -0.2) is 24.8 Å². The molecule has 1 heterocycles. The molecule has 3 N–H and O–H groups in total. The summed E-state index contributed by atoms with van der Waals surface area (Å²) < 4.78 is 0. The number of anilines is 1. The van der Waals surface area contributed by atoms with Gasteiger partial charge in [-0.1, -0.05) is 30.1 Å². The molecule has 0 aromatic heterocycles. The Morgan fingerprint density at radius 2 is 2.18 bits per heavy atom. The van der Waals surface area contributed by atoms with Gasteiger partial charge in [0, 0.05) is 12.3 Å². The van der Waals surface area contributed by atoms with Crippen LogP contribution in [0.4, 0.5) is 5.69 Å². The van der Waals surface area contributed by atoms with E-state index in [4.69, 9.17) is 28.9 Å². The first kappa shape index (κ1) is 19.0. The highest BCUT2D eigenvalue weighted by Gasteiger charge is 2.25. The van der Waals surface area contributed by atoms with Crippen molar-refractivity contribution in [1.82, 2.24) is 5.32 Å². The fraction of sp³-hybridized carbons (Fsp3) is 0.429. The summed E-state index contributed by atoms with van der Waals surface area (Å²) in [6.07, 6.45) is 1.08. The fourth-order valence-corrected chi connectivity index (χ4v) is 2.33. The van der Waals surface area contributed by atoms with Crippen LogP contribution < -0.4 is 16.1 Å². The van der Waals surface area contributed by atoms with E-state index in [1.807, 2.05) is 18.0 Å². The molecule has 0 aliphatic carbocycles. The lowest BCUT2D eigenvalue weighted by Crippen LogP contribution is -2.33. The molecular weight excluding hydrogens is 347 g/mol. The van der Waals surface area contributed by atoms with Crippen molar-refractivity contribution in [2.24, 2.45) is 16.8 Å². The molecule has 0 saturated heterocycles. The molecule has 1 atom stereocenters. The number of nitrogens with zero attached hydrogens (tertiary/aromatic N) is 2. The first-order valence-electron chi connectivity index (χ1n) is 6.82. The summed E-state index contributed by atoms with van der Waals surface area (Å²) in [5, 5.41) is 10.1. The summed E-state index contributed by atoms with van der Waals surface area (Å²) in [6, 6.07) is 5.35. The van der Waals surface area contributed by atoms with Crippen molar-refractivity contribution in [3.63, 3.8) is 0 Å². The van der Waals surface area contributed by atoms with Crippen LogP contribution in [0.5, 0.6) is 0 Å². The molecule has 0 fully saturated rings. The third-order valence-electron chi connectivity index (χ3n) is 3.22. The largest absolute Gasteiger partial charge is 0.330 e. The highest BCUT2D eigenvalue weighted by atomic mass is 35.5. The number of hydrazone groups is 1. The van der Waals surface area contributed by atoms with E-state index in [9.17, 15) is 4.79 Å². The first-order chi connectivity index (χ1) is 10.0. The van der Waals surface area contributed by atoms with Crippen molar-refractivity contribution in [1.29, 1.82) is 0 Å². The summed E-state index contributed by atoms with van der Waals surface area (Å²) in [7, 11) is 0. The van der Waals surface area contributed by atoms with Crippen LogP contribution in [0.1, 0.15) is 19.8 Å². The Kier molecular flexibility index (Phi) is 7.42. The zero-order valence-electron chi connectivity index (χ0n) is 12.2. The summed E-state index contributed by atoms with van der Waals surface area (Å²) in [6.45, 7) is 3.20. The predicted molar refractivity (Wildman–Crippen MR) is 94.1 cm³/mol. The molecule has 0 bridgehead atoms. The Hall–Kier alpha value is -1.01. The van der Waals surface area contributed by atoms with Crippen molar-refractivity contribution >= 4 is 53.0 Å². The molecular formula is C14H19Cl3N4O. The molecule has 2 rings (SSSR count). The van der Waals surface area contributed by atoms with Gasteiger partial charge in [0.25, 0.3) is 0 Å². The molecule has 1 amide bonds. The minimum absolute atomic E-state index is 0. The summed E-state index contributed by atoms with van der Waals surface area (Å²) in [4.78, 5) is 11.7. The van der Waals surface area contributed by atoms with E-state index in [1.54, 1.807) is 12.1 Å². The summed E-state index contributed by atoms with van der Waals surface area (Å²) in [5.74, 6) is 0.756. The van der Waals surface area contributed by atoms with Gasteiger partial charge < -0.3 is 11.1 Å². The van der Waals surface area contributed by atoms with E-state index >= 15 is 0 Å². The van der Waals surface area contributed by atoms with Crippen LogP contribution in [-0.2, 0) is 4.79 Å². The van der Waals surface area contributed by atoms with Gasteiger partial charge in [-0.3, -0.25) is 9.80 Å². The van der Waals surface area contributed by atoms with Crippen LogP contribution in [0.15, 0.2) is 23.3 Å². The Bertz CT molecular complexity index is 565. The van der Waals surface area contributed by atoms with E-state index in [1.165, 1.54) is 0 Å². The molecule has 8 heteroatoms. The maximum Gasteiger partial charge on any atom is 0.225 e. The van der Waals surface area contributed by atoms with Crippen LogP contribution in [0.25, 0.3) is 0 Å². The van der Waals surface area contributed by atoms with Crippen molar-refractivity contribution in [3.05, 3.63) is 28.2 Å². The number of nitrogens with one attached hydrogen (secondary N) is 1. The average Bonchev–Trinajstić information content (AvgIpc) is 2.81. The minimum Gasteiger partial charge on any atom is -0.330 e. The molecule has 22 heavy (non-hydrogen) atoms. The third-order valence-corrected chi connectivity index (χ3v) is 3.96. The lowest BCUT2D eigenvalue weighted by atomic mass is 10.1. The number of amides is 1. The number of nitrogens with two attached hydrogens (primary N) is 1. The van der Waals surface area contributed by atoms with Gasteiger partial charge in [0.1, 0.15) is 5.84 Å². The molecule has 0 spiro atoms. The molecule has 1 aromatic rings. The highest BCUT2D eigenvalue weighted by molar-refractivity contribution is 6.42. The van der Waals surface area contributed by atoms with Crippen LogP contribution >= 0.6 is 35.6 Å². The van der Waals surface area contributed by atoms with Gasteiger partial charge in [0.15, 0.2) is 0 Å². The summed E-state index contributed by atoms with van der Waals surface area (Å²) in [5.41, 5.74) is 6.24. The van der Waals surface area contributed by atoms with Crippen LogP contribution in [0.2, 0.25) is 10.0 Å². The molecule has 1 aliphatic rings. The van der Waals surface area contributed by atoms with Gasteiger partial charge in [-0.05, 0) is 31.2 Å². The Morgan fingerprint density at radius 1 is 1.45 bits per heavy atom. The Balaban J connectivity index is 0.00000242. The van der Waals surface area contributed by atoms with Gasteiger partial charge in [0.05, 0.1) is 22.3 Å². The lowest BCUT2D eigenvalue weighted by molar-refractivity contribution is -0.119. The quantitative estimate of drug-likeness (QED) is 0.861. The normalized spacial score (nSPS) is 17.0. The first-order valence-corrected chi connectivity index (χ1v) is 7.58. The molecule has 122 valence electrons. The number of hydrogen-bond acceptors (Lipinski definition) is 4. The number of halogens is 3. The highest BCUT2D eigenvalue weighted by Crippen LogP contribution is 2.29. The number of benzene rings is 1. The van der Waals surface area contributed by atoms with Gasteiger partial charge in [0.2, 0.25) is 5.91 Å². The number of amidine groups is 1. The maximum absolute atomic E-state index is 11.7. The second-order valence-electron chi connectivity index (χ2n) is 5.01. The third kappa shape index (κ3) is 4.74. The summed E-state index contributed by atoms with van der Waals surface area (Å²) >= 11 is 11.9. The Labute approximate surface area is 146 Å². The van der Waals surface area contributed by atoms with Crippen molar-refractivity contribution in [2.75, 3.05) is 18.1 Å². The van der Waals surface area contributed by atoms with Crippen molar-refractivity contribution < 1.29 is 4.79 Å². The minimum atomic E-state index is -0.0537. The van der Waals surface area contributed by atoms with E-state index in [2.05, 4.69) is 10.4 Å².